The molecule has 6 heteroatoms. The first-order valence-electron chi connectivity index (χ1n) is 5.77. The van der Waals surface area contributed by atoms with Gasteiger partial charge in [-0.2, -0.15) is 0 Å². The highest BCUT2D eigenvalue weighted by molar-refractivity contribution is 6.01. The van der Waals surface area contributed by atoms with E-state index in [4.69, 9.17) is 4.74 Å². The molecular formula is C14H15NO5. The predicted octanol–water partition coefficient (Wildman–Crippen LogP) is 0.932. The van der Waals surface area contributed by atoms with E-state index in [1.165, 1.54) is 20.3 Å². The average Bonchev–Trinajstić information content (AvgIpc) is 2.50. The first-order valence-corrected chi connectivity index (χ1v) is 5.77. The van der Waals surface area contributed by atoms with E-state index in [-0.39, 0.29) is 17.9 Å². The number of rotatable bonds is 6. The quantitative estimate of drug-likeness (QED) is 0.362. The van der Waals surface area contributed by atoms with Crippen molar-refractivity contribution in [2.75, 3.05) is 20.8 Å². The molecule has 0 aliphatic heterocycles. The van der Waals surface area contributed by atoms with Crippen LogP contribution in [-0.2, 0) is 14.3 Å². The largest absolute Gasteiger partial charge is 0.499 e. The second-order valence-corrected chi connectivity index (χ2v) is 3.73. The molecule has 1 N–H and O–H groups in total. The zero-order chi connectivity index (χ0) is 15.0. The Kier molecular flexibility index (Phi) is 5.96. The number of aldehydes is 1. The topological polar surface area (TPSA) is 81.7 Å². The van der Waals surface area contributed by atoms with Crippen molar-refractivity contribution in [2.45, 2.75) is 0 Å². The van der Waals surface area contributed by atoms with E-state index in [1.807, 2.05) is 0 Å². The normalized spacial score (nSPS) is 10.6. The number of hydrogen-bond acceptors (Lipinski definition) is 5. The van der Waals surface area contributed by atoms with Crippen LogP contribution in [0.4, 0.5) is 0 Å². The van der Waals surface area contributed by atoms with E-state index in [2.05, 4.69) is 10.1 Å². The van der Waals surface area contributed by atoms with Gasteiger partial charge in [-0.05, 0) is 6.07 Å². The summed E-state index contributed by atoms with van der Waals surface area (Å²) in [5.41, 5.74) is 0.553. The molecule has 1 aromatic rings. The molecule has 0 heterocycles. The van der Waals surface area contributed by atoms with Crippen LogP contribution in [0.2, 0.25) is 0 Å². The molecular weight excluding hydrogens is 262 g/mol. The van der Waals surface area contributed by atoms with Crippen molar-refractivity contribution in [2.24, 2.45) is 0 Å². The number of benzene rings is 1. The maximum atomic E-state index is 11.9. The summed E-state index contributed by atoms with van der Waals surface area (Å²) in [4.78, 5) is 33.8. The van der Waals surface area contributed by atoms with Crippen molar-refractivity contribution in [1.29, 1.82) is 0 Å². The van der Waals surface area contributed by atoms with Crippen LogP contribution in [0.15, 0.2) is 36.1 Å². The third-order valence-corrected chi connectivity index (χ3v) is 2.50. The van der Waals surface area contributed by atoms with E-state index in [0.717, 1.165) is 6.08 Å². The average molecular weight is 277 g/mol. The molecule has 0 atom stereocenters. The fraction of sp³-hybridized carbons (Fsp3) is 0.214. The lowest BCUT2D eigenvalue weighted by molar-refractivity contribution is -0.135. The minimum absolute atomic E-state index is 0.0115. The van der Waals surface area contributed by atoms with Gasteiger partial charge in [-0.25, -0.2) is 4.79 Å². The molecule has 6 nitrogen and oxygen atoms in total. The molecule has 20 heavy (non-hydrogen) atoms. The van der Waals surface area contributed by atoms with Crippen LogP contribution >= 0.6 is 0 Å². The Bertz CT molecular complexity index is 536. The van der Waals surface area contributed by atoms with Crippen LogP contribution in [0, 0.1) is 0 Å². The minimum Gasteiger partial charge on any atom is -0.499 e. The second kappa shape index (κ2) is 7.73. The predicted molar refractivity (Wildman–Crippen MR) is 71.3 cm³/mol. The summed E-state index contributed by atoms with van der Waals surface area (Å²) in [6, 6.07) is 6.40. The Hall–Kier alpha value is -2.63. The van der Waals surface area contributed by atoms with Crippen LogP contribution in [0.3, 0.4) is 0 Å². The molecule has 0 radical (unpaired) electrons. The molecule has 1 rings (SSSR count). The molecule has 0 unspecified atom stereocenters. The molecule has 1 amide bonds. The summed E-state index contributed by atoms with van der Waals surface area (Å²) in [5.74, 6) is -0.765. The van der Waals surface area contributed by atoms with Gasteiger partial charge < -0.3 is 14.8 Å². The van der Waals surface area contributed by atoms with E-state index in [0.29, 0.717) is 11.8 Å². The third-order valence-electron chi connectivity index (χ3n) is 2.50. The van der Waals surface area contributed by atoms with Gasteiger partial charge in [0.25, 0.3) is 5.91 Å². The number of amides is 1. The Morgan fingerprint density at radius 2 is 1.90 bits per heavy atom. The van der Waals surface area contributed by atoms with Gasteiger partial charge in [0.2, 0.25) is 0 Å². The number of nitrogens with one attached hydrogen (secondary N) is 1. The zero-order valence-electron chi connectivity index (χ0n) is 11.2. The van der Waals surface area contributed by atoms with Crippen molar-refractivity contribution in [3.63, 3.8) is 0 Å². The summed E-state index contributed by atoms with van der Waals surface area (Å²) in [6.07, 6.45) is 1.74. The summed E-state index contributed by atoms with van der Waals surface area (Å²) >= 11 is 0. The van der Waals surface area contributed by atoms with Crippen LogP contribution in [0.5, 0.6) is 0 Å². The van der Waals surface area contributed by atoms with Crippen molar-refractivity contribution < 1.29 is 23.9 Å². The lowest BCUT2D eigenvalue weighted by Crippen LogP contribution is -2.27. The lowest BCUT2D eigenvalue weighted by atomic mass is 10.1. The highest BCUT2D eigenvalue weighted by atomic mass is 16.5. The van der Waals surface area contributed by atoms with E-state index < -0.39 is 11.9 Å². The molecule has 0 aliphatic carbocycles. The van der Waals surface area contributed by atoms with Crippen LogP contribution < -0.4 is 5.32 Å². The third kappa shape index (κ3) is 4.24. The Balaban J connectivity index is 2.74. The summed E-state index contributed by atoms with van der Waals surface area (Å²) in [6.45, 7) is 0.0115. The number of hydrogen-bond donors (Lipinski definition) is 1. The van der Waals surface area contributed by atoms with Crippen molar-refractivity contribution >= 4 is 18.2 Å². The van der Waals surface area contributed by atoms with Gasteiger partial charge in [-0.3, -0.25) is 9.59 Å². The first kappa shape index (κ1) is 15.4. The van der Waals surface area contributed by atoms with Gasteiger partial charge in [0.1, 0.15) is 5.76 Å². The van der Waals surface area contributed by atoms with Crippen molar-refractivity contribution in [3.05, 3.63) is 47.2 Å². The maximum absolute atomic E-state index is 11.9. The summed E-state index contributed by atoms with van der Waals surface area (Å²) < 4.78 is 9.40. The molecule has 0 fully saturated rings. The first-order chi connectivity index (χ1) is 9.62. The van der Waals surface area contributed by atoms with E-state index >= 15 is 0 Å². The second-order valence-electron chi connectivity index (χ2n) is 3.73. The molecule has 0 bridgehead atoms. The van der Waals surface area contributed by atoms with Gasteiger partial charge in [-0.1, -0.05) is 18.2 Å². The van der Waals surface area contributed by atoms with Crippen molar-refractivity contribution in [3.8, 4) is 0 Å². The summed E-state index contributed by atoms with van der Waals surface area (Å²) in [5, 5.41) is 2.56. The molecule has 0 aromatic heterocycles. The zero-order valence-corrected chi connectivity index (χ0v) is 11.2. The van der Waals surface area contributed by atoms with Gasteiger partial charge in [0.05, 0.1) is 26.8 Å². The Morgan fingerprint density at radius 1 is 1.20 bits per heavy atom. The molecule has 0 spiro atoms. The highest BCUT2D eigenvalue weighted by Gasteiger charge is 2.11. The number of carbonyl (C=O) groups excluding carboxylic acids is 3. The smallest absolute Gasteiger partial charge is 0.333 e. The van der Waals surface area contributed by atoms with E-state index in [9.17, 15) is 14.4 Å². The van der Waals surface area contributed by atoms with Gasteiger partial charge >= 0.3 is 5.97 Å². The molecule has 106 valence electrons. The standard InChI is InChI=1S/C14H15NO5/c1-19-11(7-13(17)20-2)8-15-14(18)12-6-4-3-5-10(12)9-16/h3-7,9H,8H2,1-2H3,(H,15,18)/b11-7-. The Morgan fingerprint density at radius 3 is 2.50 bits per heavy atom. The number of carbonyl (C=O) groups is 3. The fourth-order valence-electron chi connectivity index (χ4n) is 1.44. The molecule has 1 aromatic carbocycles. The molecule has 0 saturated carbocycles. The Labute approximate surface area is 116 Å². The highest BCUT2D eigenvalue weighted by Crippen LogP contribution is 2.06. The summed E-state index contributed by atoms with van der Waals surface area (Å²) in [7, 11) is 2.62. The van der Waals surface area contributed by atoms with E-state index in [1.54, 1.807) is 18.2 Å². The maximum Gasteiger partial charge on any atom is 0.333 e. The monoisotopic (exact) mass is 277 g/mol. The van der Waals surface area contributed by atoms with Crippen molar-refractivity contribution in [1.82, 2.24) is 5.32 Å². The van der Waals surface area contributed by atoms with Gasteiger partial charge in [0.15, 0.2) is 6.29 Å². The number of methoxy groups -OCH3 is 2. The van der Waals surface area contributed by atoms with Gasteiger partial charge in [-0.15, -0.1) is 0 Å². The minimum atomic E-state index is -0.579. The van der Waals surface area contributed by atoms with Crippen LogP contribution in [0.25, 0.3) is 0 Å². The van der Waals surface area contributed by atoms with Crippen LogP contribution in [-0.4, -0.2) is 38.9 Å². The van der Waals surface area contributed by atoms with Crippen LogP contribution in [0.1, 0.15) is 20.7 Å². The molecule has 0 saturated heterocycles. The number of ether oxygens (including phenoxy) is 2. The molecule has 0 aliphatic rings. The fourth-order valence-corrected chi connectivity index (χ4v) is 1.44. The van der Waals surface area contributed by atoms with Gasteiger partial charge in [0, 0.05) is 11.1 Å². The number of esters is 1. The lowest BCUT2D eigenvalue weighted by Gasteiger charge is -2.09. The SMILES string of the molecule is COC(=O)/C=C(/CNC(=O)c1ccccc1C=O)OC.